The van der Waals surface area contributed by atoms with E-state index < -0.39 is 11.6 Å². The molecule has 32 heavy (non-hydrogen) atoms. The number of hydrogen-bond acceptors (Lipinski definition) is 4. The van der Waals surface area contributed by atoms with E-state index in [2.05, 4.69) is 4.98 Å². The summed E-state index contributed by atoms with van der Waals surface area (Å²) in [5.74, 6) is -1.50. The van der Waals surface area contributed by atoms with Crippen molar-refractivity contribution in [3.8, 4) is 28.9 Å². The summed E-state index contributed by atoms with van der Waals surface area (Å²) in [5.41, 5.74) is 0.457. The van der Waals surface area contributed by atoms with Crippen LogP contribution in [-0.4, -0.2) is 40.6 Å². The van der Waals surface area contributed by atoms with Crippen LogP contribution < -0.4 is 4.74 Å². The minimum Gasteiger partial charge on any atom is -0.494 e. The molecule has 0 atom stereocenters. The van der Waals surface area contributed by atoms with Gasteiger partial charge in [-0.1, -0.05) is 11.6 Å². The van der Waals surface area contributed by atoms with Gasteiger partial charge in [-0.15, -0.1) is 0 Å². The Balaban J connectivity index is 1.89. The first-order chi connectivity index (χ1) is 15.4. The molecule has 0 aliphatic carbocycles. The molecule has 3 aromatic rings. The zero-order valence-electron chi connectivity index (χ0n) is 17.2. The van der Waals surface area contributed by atoms with Crippen LogP contribution in [-0.2, 0) is 0 Å². The molecule has 1 aromatic heterocycles. The van der Waals surface area contributed by atoms with Crippen molar-refractivity contribution in [3.63, 3.8) is 0 Å². The van der Waals surface area contributed by atoms with Gasteiger partial charge < -0.3 is 9.64 Å². The molecule has 6 nitrogen and oxygen atoms in total. The maximum atomic E-state index is 14.4. The average molecular weight is 457 g/mol. The van der Waals surface area contributed by atoms with Crippen LogP contribution in [0.1, 0.15) is 35.3 Å². The van der Waals surface area contributed by atoms with Gasteiger partial charge in [-0.05, 0) is 49.6 Å². The van der Waals surface area contributed by atoms with Gasteiger partial charge in [0.2, 0.25) is 0 Å². The van der Waals surface area contributed by atoms with Gasteiger partial charge in [0.1, 0.15) is 22.9 Å². The number of hydrogen-bond donors (Lipinski definition) is 0. The minimum absolute atomic E-state index is 0.00422. The molecule has 0 saturated carbocycles. The largest absolute Gasteiger partial charge is 0.494 e. The van der Waals surface area contributed by atoms with Crippen molar-refractivity contribution in [2.24, 2.45) is 0 Å². The maximum absolute atomic E-state index is 14.4. The highest BCUT2D eigenvalue weighted by Gasteiger charge is 2.28. The molecular weight excluding hydrogens is 438 g/mol. The minimum atomic E-state index is -0.736. The second-order valence-electron chi connectivity index (χ2n) is 7.39. The second kappa shape index (κ2) is 8.97. The van der Waals surface area contributed by atoms with Gasteiger partial charge in [0.05, 0.1) is 18.4 Å². The number of rotatable bonds is 4. The Morgan fingerprint density at radius 1 is 1.12 bits per heavy atom. The summed E-state index contributed by atoms with van der Waals surface area (Å²) in [6.07, 6.45) is 2.83. The van der Waals surface area contributed by atoms with E-state index in [4.69, 9.17) is 21.6 Å². The molecule has 1 fully saturated rings. The lowest BCUT2D eigenvalue weighted by molar-refractivity contribution is 0.0719. The lowest BCUT2D eigenvalue weighted by Crippen LogP contribution is -2.36. The van der Waals surface area contributed by atoms with E-state index in [1.807, 2.05) is 0 Å². The second-order valence-corrected chi connectivity index (χ2v) is 7.75. The highest BCUT2D eigenvalue weighted by atomic mass is 35.5. The molecule has 1 aliphatic heterocycles. The summed E-state index contributed by atoms with van der Waals surface area (Å²) in [7, 11) is 1.35. The van der Waals surface area contributed by atoms with Crippen LogP contribution in [0.4, 0.5) is 8.78 Å². The average Bonchev–Trinajstić information content (AvgIpc) is 3.16. The number of benzene rings is 2. The third-order valence-electron chi connectivity index (χ3n) is 5.41. The summed E-state index contributed by atoms with van der Waals surface area (Å²) >= 11 is 6.61. The third kappa shape index (κ3) is 3.92. The highest BCUT2D eigenvalue weighted by molar-refractivity contribution is 6.33. The lowest BCUT2D eigenvalue weighted by atomic mass is 10.1. The fourth-order valence-corrected chi connectivity index (χ4v) is 4.05. The number of nitriles is 1. The van der Waals surface area contributed by atoms with E-state index >= 15 is 0 Å². The predicted molar refractivity (Wildman–Crippen MR) is 115 cm³/mol. The molecule has 0 bridgehead atoms. The van der Waals surface area contributed by atoms with Crippen LogP contribution in [0.15, 0.2) is 36.4 Å². The molecule has 1 amide bonds. The van der Waals surface area contributed by atoms with E-state index in [1.165, 1.54) is 35.9 Å². The zero-order chi connectivity index (χ0) is 22.8. The Kier molecular flexibility index (Phi) is 6.10. The first kappa shape index (κ1) is 21.8. The Morgan fingerprint density at radius 3 is 2.50 bits per heavy atom. The number of aromatic nitrogens is 2. The lowest BCUT2D eigenvalue weighted by Gasteiger charge is -2.26. The number of imidazole rings is 1. The van der Waals surface area contributed by atoms with Crippen LogP contribution in [0.3, 0.4) is 0 Å². The van der Waals surface area contributed by atoms with E-state index in [0.717, 1.165) is 25.3 Å². The number of piperidine rings is 1. The number of halogens is 3. The van der Waals surface area contributed by atoms with Crippen molar-refractivity contribution in [2.75, 3.05) is 20.2 Å². The standard InChI is InChI=1S/C23H19ClF2N4O2/c1-32-19-8-7-16(12-18(19)26)30-21(24)20(23(31)29-9-3-2-4-10-29)28-22(30)14-5-6-15(13-27)17(25)11-14/h5-8,11-12H,2-4,9-10H2,1H3. The maximum Gasteiger partial charge on any atom is 0.275 e. The van der Waals surface area contributed by atoms with Crippen LogP contribution >= 0.6 is 11.6 Å². The van der Waals surface area contributed by atoms with E-state index in [-0.39, 0.29) is 39.5 Å². The first-order valence-electron chi connectivity index (χ1n) is 10.1. The first-order valence-corrected chi connectivity index (χ1v) is 10.4. The molecule has 0 unspecified atom stereocenters. The number of carbonyl (C=O) groups excluding carboxylic acids is 1. The van der Waals surface area contributed by atoms with Gasteiger partial charge in [0.15, 0.2) is 17.3 Å². The van der Waals surface area contributed by atoms with E-state index in [9.17, 15) is 13.6 Å². The fraction of sp³-hybridized carbons (Fsp3) is 0.261. The molecule has 9 heteroatoms. The molecular formula is C23H19ClF2N4O2. The summed E-state index contributed by atoms with van der Waals surface area (Å²) in [4.78, 5) is 19.3. The summed E-state index contributed by atoms with van der Waals surface area (Å²) in [5, 5.41) is 9.01. The zero-order valence-corrected chi connectivity index (χ0v) is 18.0. The van der Waals surface area contributed by atoms with E-state index in [0.29, 0.717) is 18.8 Å². The molecule has 164 valence electrons. The van der Waals surface area contributed by atoms with Gasteiger partial charge in [0, 0.05) is 24.7 Å². The Hall–Kier alpha value is -3.44. The number of nitrogens with zero attached hydrogens (tertiary/aromatic N) is 4. The smallest absolute Gasteiger partial charge is 0.275 e. The van der Waals surface area contributed by atoms with Gasteiger partial charge in [-0.25, -0.2) is 13.8 Å². The fourth-order valence-electron chi connectivity index (χ4n) is 3.75. The number of ether oxygens (including phenoxy) is 1. The van der Waals surface area contributed by atoms with Crippen molar-refractivity contribution in [3.05, 3.63) is 64.4 Å². The summed E-state index contributed by atoms with van der Waals surface area (Å²) in [6, 6.07) is 9.92. The Morgan fingerprint density at radius 2 is 1.88 bits per heavy atom. The molecule has 1 saturated heterocycles. The number of likely N-dealkylation sites (tertiary alicyclic amines) is 1. The molecule has 4 rings (SSSR count). The topological polar surface area (TPSA) is 71.1 Å². The molecule has 2 aromatic carbocycles. The Labute approximate surface area is 188 Å². The van der Waals surface area contributed by atoms with Gasteiger partial charge in [0.25, 0.3) is 5.91 Å². The van der Waals surface area contributed by atoms with Crippen LogP contribution in [0.2, 0.25) is 5.15 Å². The van der Waals surface area contributed by atoms with E-state index in [1.54, 1.807) is 17.0 Å². The van der Waals surface area contributed by atoms with Crippen molar-refractivity contribution in [1.29, 1.82) is 5.26 Å². The van der Waals surface area contributed by atoms with Crippen molar-refractivity contribution in [2.45, 2.75) is 19.3 Å². The van der Waals surface area contributed by atoms with Crippen LogP contribution in [0.5, 0.6) is 5.75 Å². The molecule has 0 radical (unpaired) electrons. The van der Waals surface area contributed by atoms with Crippen LogP contribution in [0.25, 0.3) is 17.1 Å². The molecule has 1 aliphatic rings. The summed E-state index contributed by atoms with van der Waals surface area (Å²) in [6.45, 7) is 1.19. The van der Waals surface area contributed by atoms with Gasteiger partial charge >= 0.3 is 0 Å². The summed E-state index contributed by atoms with van der Waals surface area (Å²) < 4.78 is 35.2. The SMILES string of the molecule is COc1ccc(-n2c(-c3ccc(C#N)c(F)c3)nc(C(=O)N3CCCCC3)c2Cl)cc1F. The Bertz CT molecular complexity index is 1230. The number of carbonyl (C=O) groups is 1. The van der Waals surface area contributed by atoms with Gasteiger partial charge in [-0.2, -0.15) is 5.26 Å². The quantitative estimate of drug-likeness (QED) is 0.555. The highest BCUT2D eigenvalue weighted by Crippen LogP contribution is 2.33. The number of amides is 1. The van der Waals surface area contributed by atoms with Crippen molar-refractivity contribution < 1.29 is 18.3 Å². The van der Waals surface area contributed by atoms with Gasteiger partial charge in [-0.3, -0.25) is 9.36 Å². The predicted octanol–water partition coefficient (Wildman–Crippen LogP) is 4.98. The number of methoxy groups -OCH3 is 1. The molecule has 0 N–H and O–H groups in total. The third-order valence-corrected chi connectivity index (χ3v) is 5.76. The monoisotopic (exact) mass is 456 g/mol. The molecule has 2 heterocycles. The normalized spacial score (nSPS) is 13.7. The van der Waals surface area contributed by atoms with Crippen molar-refractivity contribution in [1.82, 2.24) is 14.5 Å². The van der Waals surface area contributed by atoms with Crippen LogP contribution in [0, 0.1) is 23.0 Å². The molecule has 0 spiro atoms. The van der Waals surface area contributed by atoms with Crippen molar-refractivity contribution >= 4 is 17.5 Å².